The van der Waals surface area contributed by atoms with E-state index in [0.29, 0.717) is 18.8 Å². The summed E-state index contributed by atoms with van der Waals surface area (Å²) in [5.41, 5.74) is 6.83. The lowest BCUT2D eigenvalue weighted by Gasteiger charge is -2.19. The second kappa shape index (κ2) is 6.39. The summed E-state index contributed by atoms with van der Waals surface area (Å²) in [5.74, 6) is 0.844. The Kier molecular flexibility index (Phi) is 4.31. The Hall–Kier alpha value is -2.38. The molecule has 0 fully saturated rings. The Morgan fingerprint density at radius 2 is 2.39 bits per heavy atom. The summed E-state index contributed by atoms with van der Waals surface area (Å²) in [5, 5.41) is 12.3. The molecular weight excluding hydrogens is 294 g/mol. The predicted molar refractivity (Wildman–Crippen MR) is 88.2 cm³/mol. The summed E-state index contributed by atoms with van der Waals surface area (Å²) in [6, 6.07) is 2.02. The molecule has 0 amide bonds. The number of likely N-dealkylation sites (N-methyl/N-ethyl adjacent to an activating group) is 1. The van der Waals surface area contributed by atoms with Crippen molar-refractivity contribution >= 4 is 17.2 Å². The molecule has 3 N–H and O–H groups in total. The van der Waals surface area contributed by atoms with Crippen LogP contribution in [0.1, 0.15) is 18.5 Å². The molecule has 1 aromatic rings. The summed E-state index contributed by atoms with van der Waals surface area (Å²) in [6.07, 6.45) is 5.08. The van der Waals surface area contributed by atoms with Crippen LogP contribution in [0.25, 0.3) is 5.57 Å². The third-order valence-corrected chi connectivity index (χ3v) is 3.91. The molecular formula is C16H21N5O2. The van der Waals surface area contributed by atoms with Gasteiger partial charge in [-0.25, -0.2) is 5.43 Å². The molecule has 7 heteroatoms. The quantitative estimate of drug-likeness (QED) is 0.737. The van der Waals surface area contributed by atoms with Crippen molar-refractivity contribution in [2.45, 2.75) is 18.9 Å². The van der Waals surface area contributed by atoms with Crippen molar-refractivity contribution in [1.29, 1.82) is 0 Å². The zero-order valence-electron chi connectivity index (χ0n) is 13.3. The van der Waals surface area contributed by atoms with Gasteiger partial charge >= 0.3 is 0 Å². The molecule has 122 valence electrons. The average molecular weight is 315 g/mol. The number of hydrazine groups is 1. The van der Waals surface area contributed by atoms with E-state index in [1.54, 1.807) is 13.2 Å². The van der Waals surface area contributed by atoms with Gasteiger partial charge in [0.25, 0.3) is 0 Å². The van der Waals surface area contributed by atoms with Crippen LogP contribution in [-0.4, -0.2) is 47.8 Å². The number of anilines is 1. The Bertz CT molecular complexity index is 688. The van der Waals surface area contributed by atoms with E-state index in [1.807, 2.05) is 18.1 Å². The summed E-state index contributed by atoms with van der Waals surface area (Å²) in [4.78, 5) is 11.3. The van der Waals surface area contributed by atoms with Crippen molar-refractivity contribution < 1.29 is 9.53 Å². The van der Waals surface area contributed by atoms with Crippen LogP contribution in [0.4, 0.5) is 5.82 Å². The minimum atomic E-state index is 0.128. The Morgan fingerprint density at radius 3 is 3.09 bits per heavy atom. The molecule has 1 aromatic heterocycles. The number of nitrogens with one attached hydrogen (secondary N) is 3. The number of allylic oxidation sites excluding steroid dienone is 2. The van der Waals surface area contributed by atoms with Crippen LogP contribution in [-0.2, 0) is 9.53 Å². The highest BCUT2D eigenvalue weighted by atomic mass is 16.5. The fraction of sp³-hybridized carbons (Fsp3) is 0.375. The Balaban J connectivity index is 1.67. The first-order valence-electron chi connectivity index (χ1n) is 7.53. The van der Waals surface area contributed by atoms with Crippen molar-refractivity contribution in [3.63, 3.8) is 0 Å². The van der Waals surface area contributed by atoms with Gasteiger partial charge in [-0.3, -0.25) is 9.89 Å². The molecule has 3 rings (SSSR count). The van der Waals surface area contributed by atoms with Crippen LogP contribution < -0.4 is 10.7 Å². The summed E-state index contributed by atoms with van der Waals surface area (Å²) in [7, 11) is 3.60. The molecule has 2 heterocycles. The van der Waals surface area contributed by atoms with Gasteiger partial charge in [-0.2, -0.15) is 5.10 Å². The molecule has 0 aromatic carbocycles. The number of aromatic amines is 1. The number of aromatic nitrogens is 2. The van der Waals surface area contributed by atoms with Crippen LogP contribution in [0.2, 0.25) is 0 Å². The van der Waals surface area contributed by atoms with Crippen LogP contribution in [0.3, 0.4) is 0 Å². The van der Waals surface area contributed by atoms with Gasteiger partial charge in [0.15, 0.2) is 11.6 Å². The fourth-order valence-electron chi connectivity index (χ4n) is 2.80. The lowest BCUT2D eigenvalue weighted by Crippen LogP contribution is -2.36. The minimum absolute atomic E-state index is 0.128. The highest BCUT2D eigenvalue weighted by Crippen LogP contribution is 2.26. The highest BCUT2D eigenvalue weighted by Gasteiger charge is 2.22. The number of carbonyl (C=O) groups is 1. The number of methoxy groups -OCH3 is 1. The largest absolute Gasteiger partial charge is 0.383 e. The molecule has 23 heavy (non-hydrogen) atoms. The zero-order chi connectivity index (χ0) is 16.4. The smallest absolute Gasteiger partial charge is 0.156 e. The van der Waals surface area contributed by atoms with Gasteiger partial charge in [-0.05, 0) is 24.1 Å². The Morgan fingerprint density at radius 1 is 1.57 bits per heavy atom. The minimum Gasteiger partial charge on any atom is -0.383 e. The van der Waals surface area contributed by atoms with Crippen LogP contribution in [0, 0.1) is 0 Å². The normalized spacial score (nSPS) is 20.7. The molecule has 1 aliphatic heterocycles. The van der Waals surface area contributed by atoms with Crippen LogP contribution in [0.15, 0.2) is 36.2 Å². The standard InChI is InChI=1S/C16H21N5O2/c1-10(15-7-12(9-23-3)20-21(15)2)17-16-8-14(18-19-16)11-4-5-13(22)6-11/h6-8,12,20H,1,4-5,9H2,2-3H3,(H2,17,18,19). The maximum atomic E-state index is 11.3. The van der Waals surface area contributed by atoms with Crippen molar-refractivity contribution in [2.24, 2.45) is 0 Å². The molecule has 1 aliphatic carbocycles. The van der Waals surface area contributed by atoms with E-state index in [0.717, 1.165) is 29.1 Å². The third-order valence-electron chi connectivity index (χ3n) is 3.91. The Labute approximate surface area is 135 Å². The van der Waals surface area contributed by atoms with Gasteiger partial charge in [0, 0.05) is 26.6 Å². The predicted octanol–water partition coefficient (Wildman–Crippen LogP) is 1.43. The molecule has 0 saturated carbocycles. The topological polar surface area (TPSA) is 82.3 Å². The van der Waals surface area contributed by atoms with Crippen LogP contribution >= 0.6 is 0 Å². The van der Waals surface area contributed by atoms with Crippen molar-refractivity contribution in [1.82, 2.24) is 20.6 Å². The molecule has 7 nitrogen and oxygen atoms in total. The summed E-state index contributed by atoms with van der Waals surface area (Å²) in [6.45, 7) is 4.66. The molecule has 0 saturated heterocycles. The first-order chi connectivity index (χ1) is 11.1. The number of hydrogen-bond acceptors (Lipinski definition) is 6. The second-order valence-electron chi connectivity index (χ2n) is 5.71. The van der Waals surface area contributed by atoms with Crippen molar-refractivity contribution in [3.8, 4) is 0 Å². The number of hydrogen-bond donors (Lipinski definition) is 3. The molecule has 1 atom stereocenters. The van der Waals surface area contributed by atoms with E-state index in [4.69, 9.17) is 4.74 Å². The zero-order valence-corrected chi connectivity index (χ0v) is 13.3. The van der Waals surface area contributed by atoms with Gasteiger partial charge in [0.1, 0.15) is 0 Å². The first-order valence-corrected chi connectivity index (χ1v) is 7.53. The number of rotatable bonds is 6. The van der Waals surface area contributed by atoms with Gasteiger partial charge in [0.05, 0.1) is 29.7 Å². The fourth-order valence-corrected chi connectivity index (χ4v) is 2.80. The lowest BCUT2D eigenvalue weighted by molar-refractivity contribution is -0.114. The second-order valence-corrected chi connectivity index (χ2v) is 5.71. The maximum absolute atomic E-state index is 11.3. The number of ether oxygens (including phenoxy) is 1. The van der Waals surface area contributed by atoms with Gasteiger partial charge < -0.3 is 15.1 Å². The van der Waals surface area contributed by atoms with E-state index in [-0.39, 0.29) is 11.8 Å². The average Bonchev–Trinajstić information content (AvgIpc) is 3.20. The number of carbonyl (C=O) groups excluding carboxylic acids is 1. The van der Waals surface area contributed by atoms with E-state index in [1.165, 1.54) is 0 Å². The van der Waals surface area contributed by atoms with Gasteiger partial charge in [0.2, 0.25) is 0 Å². The number of H-pyrrole nitrogens is 1. The first kappa shape index (κ1) is 15.5. The van der Waals surface area contributed by atoms with Crippen molar-refractivity contribution in [3.05, 3.63) is 41.9 Å². The molecule has 0 bridgehead atoms. The van der Waals surface area contributed by atoms with Gasteiger partial charge in [-0.1, -0.05) is 6.58 Å². The maximum Gasteiger partial charge on any atom is 0.156 e. The molecule has 0 radical (unpaired) electrons. The van der Waals surface area contributed by atoms with E-state index in [9.17, 15) is 4.79 Å². The monoisotopic (exact) mass is 315 g/mol. The van der Waals surface area contributed by atoms with E-state index < -0.39 is 0 Å². The lowest BCUT2D eigenvalue weighted by atomic mass is 10.2. The third kappa shape index (κ3) is 3.35. The molecule has 2 aliphatic rings. The van der Waals surface area contributed by atoms with E-state index >= 15 is 0 Å². The van der Waals surface area contributed by atoms with Gasteiger partial charge in [-0.15, -0.1) is 0 Å². The SMILES string of the molecule is C=C(Nc1cc(C2=CC(=O)CC2)[nH]n1)C1=CC(COC)NN1C. The molecule has 0 spiro atoms. The van der Waals surface area contributed by atoms with Crippen LogP contribution in [0.5, 0.6) is 0 Å². The highest BCUT2D eigenvalue weighted by molar-refractivity contribution is 6.01. The van der Waals surface area contributed by atoms with Crippen molar-refractivity contribution in [2.75, 3.05) is 26.1 Å². The van der Waals surface area contributed by atoms with E-state index in [2.05, 4.69) is 33.6 Å². The number of ketones is 1. The summed E-state index contributed by atoms with van der Waals surface area (Å²) >= 11 is 0. The summed E-state index contributed by atoms with van der Waals surface area (Å²) < 4.78 is 5.15. The molecule has 1 unspecified atom stereocenters. The number of nitrogens with zero attached hydrogens (tertiary/aromatic N) is 2.